The Hall–Kier alpha value is -1.18. The van der Waals surface area contributed by atoms with Gasteiger partial charge in [-0.25, -0.2) is 4.39 Å². The molecule has 1 aromatic carbocycles. The second kappa shape index (κ2) is 6.51. The van der Waals surface area contributed by atoms with Gasteiger partial charge in [0.15, 0.2) is 0 Å². The Balaban J connectivity index is 2.83. The van der Waals surface area contributed by atoms with Gasteiger partial charge in [-0.1, -0.05) is 6.07 Å². The van der Waals surface area contributed by atoms with Crippen molar-refractivity contribution in [2.45, 2.75) is 18.7 Å². The minimum absolute atomic E-state index is 0.0706. The highest BCUT2D eigenvalue weighted by atomic mass is 19.4. The van der Waals surface area contributed by atoms with Gasteiger partial charge in [0.05, 0.1) is 17.8 Å². The van der Waals surface area contributed by atoms with Crippen LogP contribution in [0.1, 0.15) is 18.1 Å². The zero-order valence-corrected chi connectivity index (χ0v) is 11.2. The van der Waals surface area contributed by atoms with Crippen molar-refractivity contribution in [2.24, 2.45) is 0 Å². The van der Waals surface area contributed by atoms with Gasteiger partial charge < -0.3 is 15.2 Å². The van der Waals surface area contributed by atoms with Crippen molar-refractivity contribution in [3.8, 4) is 0 Å². The molecule has 0 saturated heterocycles. The van der Waals surface area contributed by atoms with Crippen molar-refractivity contribution >= 4 is 0 Å². The molecule has 0 spiro atoms. The van der Waals surface area contributed by atoms with Crippen molar-refractivity contribution in [1.82, 2.24) is 5.32 Å². The van der Waals surface area contributed by atoms with E-state index in [1.807, 2.05) is 0 Å². The topological polar surface area (TPSA) is 41.5 Å². The van der Waals surface area contributed by atoms with Crippen LogP contribution >= 0.6 is 0 Å². The molecule has 0 aliphatic rings. The molecule has 0 aromatic heterocycles. The zero-order chi connectivity index (χ0) is 15.4. The van der Waals surface area contributed by atoms with E-state index < -0.39 is 23.2 Å². The number of ether oxygens (including phenoxy) is 1. The summed E-state index contributed by atoms with van der Waals surface area (Å²) in [7, 11) is 1.52. The molecule has 0 saturated carbocycles. The van der Waals surface area contributed by atoms with Crippen LogP contribution in [0.15, 0.2) is 18.2 Å². The lowest BCUT2D eigenvalue weighted by molar-refractivity contribution is -0.140. The summed E-state index contributed by atoms with van der Waals surface area (Å²) < 4.78 is 55.6. The van der Waals surface area contributed by atoms with Crippen LogP contribution in [0.4, 0.5) is 17.6 Å². The SMILES string of the molecule is COCCNCC(C)(O)c1ccc(C(F)(F)F)c(F)c1. The maximum Gasteiger partial charge on any atom is 0.419 e. The molecule has 0 bridgehead atoms. The molecular weight excluding hydrogens is 278 g/mol. The summed E-state index contributed by atoms with van der Waals surface area (Å²) >= 11 is 0. The van der Waals surface area contributed by atoms with Gasteiger partial charge in [0.2, 0.25) is 0 Å². The summed E-state index contributed by atoms with van der Waals surface area (Å²) in [4.78, 5) is 0. The molecule has 0 aliphatic heterocycles. The number of aliphatic hydroxyl groups is 1. The maximum absolute atomic E-state index is 13.4. The molecular formula is C13H17F4NO2. The first-order chi connectivity index (χ1) is 9.18. The van der Waals surface area contributed by atoms with E-state index in [0.29, 0.717) is 25.3 Å². The summed E-state index contributed by atoms with van der Waals surface area (Å²) in [5, 5.41) is 13.0. The Labute approximate surface area is 114 Å². The first-order valence-electron chi connectivity index (χ1n) is 5.98. The predicted octanol–water partition coefficient (Wildman–Crippen LogP) is 2.29. The van der Waals surface area contributed by atoms with Gasteiger partial charge in [0.25, 0.3) is 0 Å². The van der Waals surface area contributed by atoms with Crippen LogP contribution in [0.3, 0.4) is 0 Å². The van der Waals surface area contributed by atoms with Gasteiger partial charge in [-0.05, 0) is 24.6 Å². The van der Waals surface area contributed by atoms with E-state index in [1.54, 1.807) is 0 Å². The highest BCUT2D eigenvalue weighted by Gasteiger charge is 2.35. The molecule has 1 aromatic rings. The van der Waals surface area contributed by atoms with Crippen LogP contribution in [0.25, 0.3) is 0 Å². The predicted molar refractivity (Wildman–Crippen MR) is 65.7 cm³/mol. The molecule has 1 unspecified atom stereocenters. The Morgan fingerprint density at radius 1 is 1.30 bits per heavy atom. The fourth-order valence-electron chi connectivity index (χ4n) is 1.69. The molecule has 0 heterocycles. The molecule has 1 atom stereocenters. The average Bonchev–Trinajstić information content (AvgIpc) is 2.33. The Morgan fingerprint density at radius 3 is 2.45 bits per heavy atom. The molecule has 0 radical (unpaired) electrons. The number of alkyl halides is 3. The normalized spacial score (nSPS) is 15.2. The molecule has 1 rings (SSSR count). The number of hydrogen-bond acceptors (Lipinski definition) is 3. The van der Waals surface area contributed by atoms with Crippen LogP contribution in [0.2, 0.25) is 0 Å². The molecule has 114 valence electrons. The van der Waals surface area contributed by atoms with Crippen LogP contribution in [0.5, 0.6) is 0 Å². The van der Waals surface area contributed by atoms with E-state index in [-0.39, 0.29) is 12.1 Å². The van der Waals surface area contributed by atoms with Gasteiger partial charge in [0.1, 0.15) is 5.82 Å². The summed E-state index contributed by atoms with van der Waals surface area (Å²) in [6.45, 7) is 2.36. The summed E-state index contributed by atoms with van der Waals surface area (Å²) in [6, 6.07) is 2.42. The Bertz CT molecular complexity index is 446. The van der Waals surface area contributed by atoms with E-state index in [9.17, 15) is 22.7 Å². The summed E-state index contributed by atoms with van der Waals surface area (Å²) in [5.74, 6) is -1.40. The molecule has 0 amide bonds. The second-order valence-corrected chi connectivity index (χ2v) is 4.64. The first-order valence-corrected chi connectivity index (χ1v) is 5.98. The van der Waals surface area contributed by atoms with Crippen LogP contribution < -0.4 is 5.32 Å². The minimum atomic E-state index is -4.74. The van der Waals surface area contributed by atoms with Gasteiger partial charge in [-0.3, -0.25) is 0 Å². The number of nitrogens with one attached hydrogen (secondary N) is 1. The van der Waals surface area contributed by atoms with Gasteiger partial charge >= 0.3 is 6.18 Å². The fourth-order valence-corrected chi connectivity index (χ4v) is 1.69. The summed E-state index contributed by atoms with van der Waals surface area (Å²) in [6.07, 6.45) is -4.74. The second-order valence-electron chi connectivity index (χ2n) is 4.64. The van der Waals surface area contributed by atoms with E-state index in [0.717, 1.165) is 6.07 Å². The highest BCUT2D eigenvalue weighted by molar-refractivity contribution is 5.30. The van der Waals surface area contributed by atoms with E-state index in [4.69, 9.17) is 4.74 Å². The van der Waals surface area contributed by atoms with Crippen molar-refractivity contribution in [2.75, 3.05) is 26.8 Å². The lowest BCUT2D eigenvalue weighted by atomic mass is 9.94. The van der Waals surface area contributed by atoms with E-state index >= 15 is 0 Å². The Morgan fingerprint density at radius 2 is 1.95 bits per heavy atom. The number of halogens is 4. The molecule has 2 N–H and O–H groups in total. The zero-order valence-electron chi connectivity index (χ0n) is 11.2. The third-order valence-corrected chi connectivity index (χ3v) is 2.85. The third-order valence-electron chi connectivity index (χ3n) is 2.85. The lowest BCUT2D eigenvalue weighted by Gasteiger charge is -2.25. The number of benzene rings is 1. The molecule has 0 aliphatic carbocycles. The average molecular weight is 295 g/mol. The van der Waals surface area contributed by atoms with Gasteiger partial charge in [0, 0.05) is 20.2 Å². The number of rotatable bonds is 6. The highest BCUT2D eigenvalue weighted by Crippen LogP contribution is 2.33. The van der Waals surface area contributed by atoms with Crippen LogP contribution in [-0.4, -0.2) is 31.9 Å². The smallest absolute Gasteiger partial charge is 0.384 e. The lowest BCUT2D eigenvalue weighted by Crippen LogP contribution is -2.37. The summed E-state index contributed by atoms with van der Waals surface area (Å²) in [5.41, 5.74) is -2.74. The monoisotopic (exact) mass is 295 g/mol. The van der Waals surface area contributed by atoms with Crippen LogP contribution in [0, 0.1) is 5.82 Å². The van der Waals surface area contributed by atoms with Gasteiger partial charge in [-0.15, -0.1) is 0 Å². The Kier molecular flexibility index (Phi) is 5.50. The van der Waals surface area contributed by atoms with Crippen molar-refractivity contribution in [3.05, 3.63) is 35.1 Å². The van der Waals surface area contributed by atoms with E-state index in [2.05, 4.69) is 5.32 Å². The first kappa shape index (κ1) is 16.9. The fraction of sp³-hybridized carbons (Fsp3) is 0.538. The number of hydrogen-bond donors (Lipinski definition) is 2. The van der Waals surface area contributed by atoms with Crippen molar-refractivity contribution < 1.29 is 27.4 Å². The molecule has 0 fully saturated rings. The van der Waals surface area contributed by atoms with Gasteiger partial charge in [-0.2, -0.15) is 13.2 Å². The number of methoxy groups -OCH3 is 1. The molecule has 20 heavy (non-hydrogen) atoms. The van der Waals surface area contributed by atoms with Crippen molar-refractivity contribution in [3.63, 3.8) is 0 Å². The third kappa shape index (κ3) is 4.43. The largest absolute Gasteiger partial charge is 0.419 e. The standard InChI is InChI=1S/C13H17F4NO2/c1-12(19,8-18-5-6-20-2)9-3-4-10(11(14)7-9)13(15,16)17/h3-4,7,18-19H,5-6,8H2,1-2H3. The minimum Gasteiger partial charge on any atom is -0.384 e. The van der Waals surface area contributed by atoms with Crippen molar-refractivity contribution in [1.29, 1.82) is 0 Å². The molecule has 3 nitrogen and oxygen atoms in total. The quantitative estimate of drug-likeness (QED) is 0.625. The molecule has 7 heteroatoms. The van der Waals surface area contributed by atoms with E-state index in [1.165, 1.54) is 14.0 Å². The maximum atomic E-state index is 13.4. The van der Waals surface area contributed by atoms with Crippen LogP contribution in [-0.2, 0) is 16.5 Å².